The quantitative estimate of drug-likeness (QED) is 0.0879. The lowest BCUT2D eigenvalue weighted by Gasteiger charge is -2.10. The van der Waals surface area contributed by atoms with Gasteiger partial charge in [0.15, 0.2) is 0 Å². The van der Waals surface area contributed by atoms with E-state index in [1.54, 1.807) is 24.3 Å². The van der Waals surface area contributed by atoms with Gasteiger partial charge in [0, 0.05) is 24.3 Å². The van der Waals surface area contributed by atoms with Gasteiger partial charge in [-0.2, -0.15) is 0 Å². The summed E-state index contributed by atoms with van der Waals surface area (Å²) in [6.45, 7) is 1.68. The number of hydrogen-bond donors (Lipinski definition) is 1. The van der Waals surface area contributed by atoms with Crippen LogP contribution < -0.4 is 9.47 Å². The Balaban J connectivity index is 1.23. The summed E-state index contributed by atoms with van der Waals surface area (Å²) >= 11 is 0. The van der Waals surface area contributed by atoms with Crippen molar-refractivity contribution in [3.05, 3.63) is 76.9 Å². The van der Waals surface area contributed by atoms with E-state index in [9.17, 15) is 24.3 Å². The molecular formula is C36H38O12. The summed E-state index contributed by atoms with van der Waals surface area (Å²) in [6.07, 6.45) is 2.77. The molecule has 0 atom stereocenters. The highest BCUT2D eigenvalue weighted by Gasteiger charge is 2.33. The maximum absolute atomic E-state index is 12.7. The number of esters is 4. The highest BCUT2D eigenvalue weighted by atomic mass is 16.5. The van der Waals surface area contributed by atoms with Crippen LogP contribution in [0.2, 0.25) is 0 Å². The first-order chi connectivity index (χ1) is 23.2. The number of aromatic hydroxyl groups is 1. The lowest BCUT2D eigenvalue weighted by molar-refractivity contribution is 0.0580. The minimum atomic E-state index is -0.677. The van der Waals surface area contributed by atoms with Crippen molar-refractivity contribution < 1.29 is 57.4 Å². The van der Waals surface area contributed by atoms with E-state index in [2.05, 4.69) is 0 Å². The van der Waals surface area contributed by atoms with Crippen molar-refractivity contribution in [1.29, 1.82) is 0 Å². The summed E-state index contributed by atoms with van der Waals surface area (Å²) in [6, 6.07) is 14.3. The first-order valence-corrected chi connectivity index (χ1v) is 15.3. The molecule has 0 aromatic carbocycles. The molecule has 0 amide bonds. The molecule has 12 heteroatoms. The predicted octanol–water partition coefficient (Wildman–Crippen LogP) is 5.78. The molecule has 0 aromatic heterocycles. The van der Waals surface area contributed by atoms with Gasteiger partial charge in [-0.15, -0.1) is 0 Å². The Morgan fingerprint density at radius 2 is 0.938 bits per heavy atom. The standard InChI is InChI=1S/C36H38O12/c1-42-33(38)28-21-29(34(39)43-2)25-16-12-23(11-15-24(25)28)47-19-7-5-17-46-18-6-8-20-48-32-30(35(40)44-3)26-13-9-22(37)10-14-27(26)31(32)36(41)45-4/h9-16,21,37H,5-8,17-20H2,1-4H3. The average Bonchev–Trinajstić information content (AvgIpc) is 3.45. The number of ether oxygens (including phenoxy) is 7. The van der Waals surface area contributed by atoms with Crippen LogP contribution in [-0.4, -0.2) is 83.9 Å². The third-order valence-corrected chi connectivity index (χ3v) is 7.58. The molecule has 0 fully saturated rings. The minimum absolute atomic E-state index is 0.0360. The molecule has 4 aliphatic rings. The van der Waals surface area contributed by atoms with Crippen LogP contribution in [0.3, 0.4) is 0 Å². The maximum Gasteiger partial charge on any atom is 0.342 e. The fourth-order valence-corrected chi connectivity index (χ4v) is 5.20. The molecule has 0 radical (unpaired) electrons. The number of hydrogen-bond acceptors (Lipinski definition) is 12. The smallest absolute Gasteiger partial charge is 0.342 e. The second-order valence-corrected chi connectivity index (χ2v) is 10.6. The van der Waals surface area contributed by atoms with Gasteiger partial charge in [-0.25, -0.2) is 19.2 Å². The highest BCUT2D eigenvalue weighted by molar-refractivity contribution is 6.12. The molecular weight excluding hydrogens is 624 g/mol. The Kier molecular flexibility index (Phi) is 12.6. The molecule has 1 N–H and O–H groups in total. The van der Waals surface area contributed by atoms with Crippen LogP contribution in [0.4, 0.5) is 0 Å². The van der Waals surface area contributed by atoms with E-state index >= 15 is 0 Å². The number of rotatable bonds is 16. The second-order valence-electron chi connectivity index (χ2n) is 10.6. The number of fused-ring (bicyclic) bond motifs is 2. The lowest BCUT2D eigenvalue weighted by Crippen LogP contribution is -2.09. The molecule has 0 unspecified atom stereocenters. The lowest BCUT2D eigenvalue weighted by atomic mass is 10.1. The maximum atomic E-state index is 12.7. The number of unbranched alkanes of at least 4 members (excludes halogenated alkanes) is 2. The SMILES string of the molecule is COC(=O)c1cc(C(=O)OC)c2ccc(OCCCCOCCCCOc3c(C(=O)OC)c4ccc(O)ccc-4c3C(=O)OC)ccc1-2. The Bertz CT molecular complexity index is 1590. The molecule has 12 nitrogen and oxygen atoms in total. The van der Waals surface area contributed by atoms with Gasteiger partial charge in [0.2, 0.25) is 0 Å². The van der Waals surface area contributed by atoms with E-state index in [0.29, 0.717) is 60.7 Å². The highest BCUT2D eigenvalue weighted by Crippen LogP contribution is 2.43. The molecule has 0 saturated heterocycles. The van der Waals surface area contributed by atoms with Crippen molar-refractivity contribution in [3.63, 3.8) is 0 Å². The molecule has 254 valence electrons. The van der Waals surface area contributed by atoms with Gasteiger partial charge in [0.25, 0.3) is 0 Å². The van der Waals surface area contributed by atoms with Gasteiger partial charge in [0.05, 0.1) is 52.8 Å². The van der Waals surface area contributed by atoms with Crippen LogP contribution in [-0.2, 0) is 23.7 Å². The van der Waals surface area contributed by atoms with Gasteiger partial charge >= 0.3 is 23.9 Å². The van der Waals surface area contributed by atoms with E-state index in [1.807, 2.05) is 0 Å². The normalized spacial score (nSPS) is 10.8. The number of carbonyl (C=O) groups is 4. The molecule has 0 aliphatic heterocycles. The van der Waals surface area contributed by atoms with Crippen LogP contribution in [0.25, 0.3) is 22.3 Å². The van der Waals surface area contributed by atoms with Crippen molar-refractivity contribution in [3.8, 4) is 39.5 Å². The van der Waals surface area contributed by atoms with Crippen LogP contribution in [0, 0.1) is 0 Å². The first kappa shape index (κ1) is 35.5. The van der Waals surface area contributed by atoms with Crippen LogP contribution in [0.5, 0.6) is 17.2 Å². The van der Waals surface area contributed by atoms with Gasteiger partial charge < -0.3 is 38.3 Å². The van der Waals surface area contributed by atoms with Crippen LogP contribution >= 0.6 is 0 Å². The monoisotopic (exact) mass is 662 g/mol. The third kappa shape index (κ3) is 8.13. The Labute approximate surface area is 278 Å². The fourth-order valence-electron chi connectivity index (χ4n) is 5.20. The van der Waals surface area contributed by atoms with Gasteiger partial charge in [-0.1, -0.05) is 0 Å². The summed E-state index contributed by atoms with van der Waals surface area (Å²) in [5.41, 5.74) is 2.61. The van der Waals surface area contributed by atoms with Gasteiger partial charge in [-0.3, -0.25) is 0 Å². The molecule has 4 rings (SSSR count). The Morgan fingerprint density at radius 1 is 0.521 bits per heavy atom. The second kappa shape index (κ2) is 17.0. The van der Waals surface area contributed by atoms with Crippen molar-refractivity contribution >= 4 is 23.9 Å². The van der Waals surface area contributed by atoms with Crippen molar-refractivity contribution in [2.45, 2.75) is 25.7 Å². The average molecular weight is 663 g/mol. The summed E-state index contributed by atoms with van der Waals surface area (Å²) < 4.78 is 37.2. The largest absolute Gasteiger partial charge is 0.508 e. The molecule has 0 heterocycles. The Hall–Kier alpha value is -5.36. The van der Waals surface area contributed by atoms with Crippen molar-refractivity contribution in [2.75, 3.05) is 54.9 Å². The number of methoxy groups -OCH3 is 4. The zero-order valence-corrected chi connectivity index (χ0v) is 27.3. The fraction of sp³-hybridized carbons (Fsp3) is 0.333. The summed E-state index contributed by atoms with van der Waals surface area (Å²) in [7, 11) is 5.04. The zero-order valence-electron chi connectivity index (χ0n) is 27.3. The third-order valence-electron chi connectivity index (χ3n) is 7.58. The van der Waals surface area contributed by atoms with E-state index in [1.165, 1.54) is 58.8 Å². The van der Waals surface area contributed by atoms with E-state index in [-0.39, 0.29) is 40.4 Å². The van der Waals surface area contributed by atoms with Crippen LogP contribution in [0.1, 0.15) is 67.1 Å². The summed E-state index contributed by atoms with van der Waals surface area (Å²) in [5, 5.41) is 9.90. The van der Waals surface area contributed by atoms with Crippen LogP contribution in [0.15, 0.2) is 54.6 Å². The summed E-state index contributed by atoms with van der Waals surface area (Å²) in [5.74, 6) is -1.84. The molecule has 48 heavy (non-hydrogen) atoms. The first-order valence-electron chi connectivity index (χ1n) is 15.3. The topological polar surface area (TPSA) is 153 Å². The molecule has 0 spiro atoms. The van der Waals surface area contributed by atoms with Gasteiger partial charge in [-0.05, 0) is 91.4 Å². The van der Waals surface area contributed by atoms with E-state index < -0.39 is 23.9 Å². The van der Waals surface area contributed by atoms with Crippen molar-refractivity contribution in [2.24, 2.45) is 0 Å². The van der Waals surface area contributed by atoms with E-state index in [0.717, 1.165) is 12.8 Å². The van der Waals surface area contributed by atoms with Gasteiger partial charge in [0.1, 0.15) is 28.4 Å². The van der Waals surface area contributed by atoms with E-state index in [4.69, 9.17) is 33.2 Å². The molecule has 0 aromatic rings. The van der Waals surface area contributed by atoms with Crippen molar-refractivity contribution in [1.82, 2.24) is 0 Å². The zero-order chi connectivity index (χ0) is 34.6. The predicted molar refractivity (Wildman–Crippen MR) is 173 cm³/mol. The Morgan fingerprint density at radius 3 is 1.40 bits per heavy atom. The molecule has 0 saturated carbocycles. The number of carbonyl (C=O) groups excluding carboxylic acids is 4. The summed E-state index contributed by atoms with van der Waals surface area (Å²) in [4.78, 5) is 49.9. The minimum Gasteiger partial charge on any atom is -0.508 e. The molecule has 4 aliphatic carbocycles. The molecule has 0 bridgehead atoms.